The fraction of sp³-hybridized carbons (Fsp3) is 0.261. The summed E-state index contributed by atoms with van der Waals surface area (Å²) in [5.74, 6) is 1.34. The molecule has 2 aliphatic rings. The highest BCUT2D eigenvalue weighted by molar-refractivity contribution is 5.89. The quantitative estimate of drug-likeness (QED) is 0.528. The molecule has 1 N–H and O–H groups in total. The average Bonchev–Trinajstić information content (AvgIpc) is 3.47. The van der Waals surface area contributed by atoms with Gasteiger partial charge in [-0.05, 0) is 43.5 Å². The smallest absolute Gasteiger partial charge is 0.204 e. The van der Waals surface area contributed by atoms with E-state index in [0.717, 1.165) is 35.5 Å². The van der Waals surface area contributed by atoms with Gasteiger partial charge in [0.25, 0.3) is 0 Å². The summed E-state index contributed by atoms with van der Waals surface area (Å²) in [7, 11) is 1.63. The molecule has 8 nitrogen and oxygen atoms in total. The van der Waals surface area contributed by atoms with Crippen LogP contribution in [-0.2, 0) is 12.0 Å². The zero-order chi connectivity index (χ0) is 22.0. The summed E-state index contributed by atoms with van der Waals surface area (Å²) in [6.45, 7) is 6.20. The topological polar surface area (TPSA) is 90.6 Å². The van der Waals surface area contributed by atoms with E-state index in [1.807, 2.05) is 24.3 Å². The molecule has 1 aliphatic heterocycles. The van der Waals surface area contributed by atoms with Crippen LogP contribution in [0.5, 0.6) is 5.75 Å². The highest BCUT2D eigenvalue weighted by atomic mass is 19.1. The standard InChI is InChI=1S/C23H20FN7O/c1-12-17(24)10-16-18(20-27-21-19(28-29-20)23(8-9-23)13(2)26-21)30-31(22(16)25-12)11-14-4-6-15(32-3)7-5-14/h4-7,10H,2,8-9,11H2,1,3H3,(H,26,27,29). The first-order chi connectivity index (χ1) is 15.5. The number of fused-ring (bicyclic) bond motifs is 3. The number of halogens is 1. The number of hydrogen-bond donors (Lipinski definition) is 1. The van der Waals surface area contributed by atoms with Crippen LogP contribution >= 0.6 is 0 Å². The summed E-state index contributed by atoms with van der Waals surface area (Å²) >= 11 is 0. The molecule has 1 aromatic carbocycles. The average molecular weight is 429 g/mol. The molecule has 3 aromatic heterocycles. The lowest BCUT2D eigenvalue weighted by Crippen LogP contribution is -2.07. The molecular formula is C23H20FN7O. The Morgan fingerprint density at radius 3 is 2.69 bits per heavy atom. The van der Waals surface area contributed by atoms with E-state index in [-0.39, 0.29) is 5.41 Å². The summed E-state index contributed by atoms with van der Waals surface area (Å²) in [4.78, 5) is 9.13. The van der Waals surface area contributed by atoms with Gasteiger partial charge in [-0.1, -0.05) is 18.7 Å². The molecule has 1 aliphatic carbocycles. The second kappa shape index (κ2) is 6.56. The number of pyridine rings is 1. The Morgan fingerprint density at radius 1 is 1.19 bits per heavy atom. The minimum Gasteiger partial charge on any atom is -0.497 e. The second-order valence-corrected chi connectivity index (χ2v) is 8.30. The normalized spacial score (nSPS) is 15.8. The van der Waals surface area contributed by atoms with Crippen molar-refractivity contribution in [2.75, 3.05) is 12.4 Å². The summed E-state index contributed by atoms with van der Waals surface area (Å²) < 4.78 is 21.4. The Bertz CT molecular complexity index is 1410. The van der Waals surface area contributed by atoms with Crippen LogP contribution in [0.4, 0.5) is 10.2 Å². The summed E-state index contributed by atoms with van der Waals surface area (Å²) in [6, 6.07) is 9.14. The van der Waals surface area contributed by atoms with E-state index in [9.17, 15) is 4.39 Å². The summed E-state index contributed by atoms with van der Waals surface area (Å²) in [5.41, 5.74) is 3.93. The van der Waals surface area contributed by atoms with Crippen molar-refractivity contribution in [2.24, 2.45) is 0 Å². The maximum absolute atomic E-state index is 14.5. The van der Waals surface area contributed by atoms with Gasteiger partial charge in [-0.3, -0.25) is 0 Å². The lowest BCUT2D eigenvalue weighted by Gasteiger charge is -2.05. The van der Waals surface area contributed by atoms with E-state index in [0.29, 0.717) is 40.6 Å². The molecule has 4 aromatic rings. The molecule has 0 unspecified atom stereocenters. The molecule has 4 heterocycles. The number of anilines is 1. The Labute approximate surface area is 183 Å². The monoisotopic (exact) mass is 429 g/mol. The molecule has 0 atom stereocenters. The number of allylic oxidation sites excluding steroid dienone is 1. The van der Waals surface area contributed by atoms with Crippen molar-refractivity contribution in [1.82, 2.24) is 29.9 Å². The van der Waals surface area contributed by atoms with E-state index < -0.39 is 5.82 Å². The molecule has 0 radical (unpaired) electrons. The van der Waals surface area contributed by atoms with Crippen LogP contribution in [0, 0.1) is 12.7 Å². The van der Waals surface area contributed by atoms with Gasteiger partial charge in [0, 0.05) is 5.70 Å². The molecular weight excluding hydrogens is 409 g/mol. The summed E-state index contributed by atoms with van der Waals surface area (Å²) in [5, 5.41) is 17.3. The number of ether oxygens (including phenoxy) is 1. The van der Waals surface area contributed by atoms with Gasteiger partial charge >= 0.3 is 0 Å². The highest BCUT2D eigenvalue weighted by Crippen LogP contribution is 2.57. The SMILES string of the molecule is C=C1Nc2nc(-c3nn(Cc4ccc(OC)cc4)c4nc(C)c(F)cc34)nnc2C12CC2. The zero-order valence-electron chi connectivity index (χ0n) is 17.7. The van der Waals surface area contributed by atoms with E-state index in [2.05, 4.69) is 32.1 Å². The number of aromatic nitrogens is 6. The van der Waals surface area contributed by atoms with E-state index in [4.69, 9.17) is 9.84 Å². The third kappa shape index (κ3) is 2.70. The molecule has 1 saturated carbocycles. The molecule has 6 rings (SSSR count). The molecule has 0 bridgehead atoms. The number of nitrogens with one attached hydrogen (secondary N) is 1. The lowest BCUT2D eigenvalue weighted by atomic mass is 10.0. The lowest BCUT2D eigenvalue weighted by molar-refractivity contribution is 0.414. The van der Waals surface area contributed by atoms with Crippen LogP contribution in [0.15, 0.2) is 42.6 Å². The molecule has 160 valence electrons. The maximum Gasteiger partial charge on any atom is 0.204 e. The van der Waals surface area contributed by atoms with Gasteiger partial charge in [-0.2, -0.15) is 5.10 Å². The van der Waals surface area contributed by atoms with Crippen LogP contribution in [0.2, 0.25) is 0 Å². The molecule has 9 heteroatoms. The van der Waals surface area contributed by atoms with E-state index >= 15 is 0 Å². The third-order valence-corrected chi connectivity index (χ3v) is 6.29. The van der Waals surface area contributed by atoms with Gasteiger partial charge in [-0.15, -0.1) is 10.2 Å². The largest absolute Gasteiger partial charge is 0.497 e. The Kier molecular flexibility index (Phi) is 3.86. The van der Waals surface area contributed by atoms with Crippen molar-refractivity contribution in [3.05, 3.63) is 65.4 Å². The zero-order valence-corrected chi connectivity index (χ0v) is 17.7. The number of benzene rings is 1. The maximum atomic E-state index is 14.5. The fourth-order valence-corrected chi connectivity index (χ4v) is 4.25. The van der Waals surface area contributed by atoms with Gasteiger partial charge in [0.15, 0.2) is 11.5 Å². The van der Waals surface area contributed by atoms with Crippen molar-refractivity contribution in [1.29, 1.82) is 0 Å². The summed E-state index contributed by atoms with van der Waals surface area (Å²) in [6.07, 6.45) is 1.99. The first-order valence-corrected chi connectivity index (χ1v) is 10.4. The van der Waals surface area contributed by atoms with E-state index in [1.165, 1.54) is 6.07 Å². The fourth-order valence-electron chi connectivity index (χ4n) is 4.25. The molecule has 1 fully saturated rings. The number of nitrogens with zero attached hydrogens (tertiary/aromatic N) is 6. The Balaban J connectivity index is 1.47. The molecule has 0 amide bonds. The minimum absolute atomic E-state index is 0.131. The van der Waals surface area contributed by atoms with Gasteiger partial charge in [0.2, 0.25) is 5.82 Å². The predicted molar refractivity (Wildman–Crippen MR) is 117 cm³/mol. The van der Waals surface area contributed by atoms with Gasteiger partial charge in [-0.25, -0.2) is 19.0 Å². The van der Waals surface area contributed by atoms with E-state index in [1.54, 1.807) is 18.7 Å². The van der Waals surface area contributed by atoms with Gasteiger partial charge < -0.3 is 10.1 Å². The predicted octanol–water partition coefficient (Wildman–Crippen LogP) is 3.76. The van der Waals surface area contributed by atoms with Crippen LogP contribution in [0.25, 0.3) is 22.6 Å². The van der Waals surface area contributed by atoms with Crippen molar-refractivity contribution in [3.8, 4) is 17.3 Å². The molecule has 1 spiro atoms. The van der Waals surface area contributed by atoms with Crippen molar-refractivity contribution in [2.45, 2.75) is 31.7 Å². The second-order valence-electron chi connectivity index (χ2n) is 8.30. The molecule has 0 saturated heterocycles. The van der Waals surface area contributed by atoms with Crippen molar-refractivity contribution < 1.29 is 9.13 Å². The van der Waals surface area contributed by atoms with Crippen molar-refractivity contribution in [3.63, 3.8) is 0 Å². The van der Waals surface area contributed by atoms with Crippen molar-refractivity contribution >= 4 is 16.9 Å². The van der Waals surface area contributed by atoms with Crippen LogP contribution in [0.3, 0.4) is 0 Å². The first-order valence-electron chi connectivity index (χ1n) is 10.4. The first kappa shape index (κ1) is 18.9. The number of methoxy groups -OCH3 is 1. The third-order valence-electron chi connectivity index (χ3n) is 6.29. The van der Waals surface area contributed by atoms with Gasteiger partial charge in [0.05, 0.1) is 30.1 Å². The van der Waals surface area contributed by atoms with Crippen LogP contribution in [-0.4, -0.2) is 37.1 Å². The molecule has 32 heavy (non-hydrogen) atoms. The van der Waals surface area contributed by atoms with Gasteiger partial charge in [0.1, 0.15) is 23.0 Å². The highest BCUT2D eigenvalue weighted by Gasteiger charge is 2.54. The van der Waals surface area contributed by atoms with Crippen LogP contribution in [0.1, 0.15) is 29.8 Å². The van der Waals surface area contributed by atoms with Crippen LogP contribution < -0.4 is 10.1 Å². The Morgan fingerprint density at radius 2 is 1.97 bits per heavy atom. The number of hydrogen-bond acceptors (Lipinski definition) is 7. The minimum atomic E-state index is -0.402. The number of rotatable bonds is 4. The number of aryl methyl sites for hydroxylation is 1. The Hall–Kier alpha value is -3.88.